The molecule has 1 aliphatic heterocycles. The van der Waals surface area contributed by atoms with Crippen LogP contribution in [0.1, 0.15) is 34.6 Å². The summed E-state index contributed by atoms with van der Waals surface area (Å²) < 4.78 is 39.9. The number of carbonyl (C=O) groups is 2. The summed E-state index contributed by atoms with van der Waals surface area (Å²) in [6.45, 7) is 0.913. The standard InChI is InChI=1S/C33H29FN4O7/c1-22(39)44-27-28(43-19-24-13-7-3-8-14-24)33(20-35,21-42-18-23-11-5-2-6-12-23)45-31(27)38-17-26(34)29(37-32(38)41)36-30(40)25-15-9-4-10-16-25/h2-17,27-28,31H,18-19,21H2,1H3,(H,36,37,40,41)/t27-,28+,31-,33-/m1/s1. The van der Waals surface area contributed by atoms with E-state index in [1.54, 1.807) is 30.3 Å². The molecular formula is C33H29FN4O7. The van der Waals surface area contributed by atoms with Gasteiger partial charge in [-0.3, -0.25) is 14.2 Å². The van der Waals surface area contributed by atoms with Gasteiger partial charge in [-0.2, -0.15) is 10.2 Å². The van der Waals surface area contributed by atoms with Crippen LogP contribution in [0, 0.1) is 17.1 Å². The molecule has 0 aliphatic carbocycles. The van der Waals surface area contributed by atoms with Gasteiger partial charge in [0, 0.05) is 12.5 Å². The van der Waals surface area contributed by atoms with E-state index < -0.39 is 53.2 Å². The van der Waals surface area contributed by atoms with Crippen LogP contribution in [0.4, 0.5) is 10.2 Å². The smallest absolute Gasteiger partial charge is 0.351 e. The Bertz CT molecular complexity index is 1730. The van der Waals surface area contributed by atoms with Gasteiger partial charge in [0.05, 0.1) is 26.0 Å². The number of nitrogens with zero attached hydrogens (tertiary/aromatic N) is 3. The van der Waals surface area contributed by atoms with Crippen molar-refractivity contribution in [3.63, 3.8) is 0 Å². The summed E-state index contributed by atoms with van der Waals surface area (Å²) in [4.78, 5) is 41.8. The van der Waals surface area contributed by atoms with Gasteiger partial charge >= 0.3 is 11.7 Å². The predicted molar refractivity (Wildman–Crippen MR) is 158 cm³/mol. The maximum Gasteiger partial charge on any atom is 0.351 e. The molecule has 1 N–H and O–H groups in total. The van der Waals surface area contributed by atoms with Crippen molar-refractivity contribution in [2.24, 2.45) is 0 Å². The van der Waals surface area contributed by atoms with Crippen molar-refractivity contribution in [3.05, 3.63) is 130 Å². The molecule has 1 fully saturated rings. The van der Waals surface area contributed by atoms with Crippen LogP contribution in [0.2, 0.25) is 0 Å². The summed E-state index contributed by atoms with van der Waals surface area (Å²) in [5.74, 6) is -3.11. The fourth-order valence-corrected chi connectivity index (χ4v) is 4.90. The van der Waals surface area contributed by atoms with Crippen LogP contribution in [-0.4, -0.2) is 45.8 Å². The van der Waals surface area contributed by atoms with Crippen LogP contribution in [0.15, 0.2) is 102 Å². The molecular weight excluding hydrogens is 583 g/mol. The zero-order valence-corrected chi connectivity index (χ0v) is 24.2. The summed E-state index contributed by atoms with van der Waals surface area (Å²) in [5, 5.41) is 12.8. The Morgan fingerprint density at radius 2 is 1.60 bits per heavy atom. The average molecular weight is 613 g/mol. The number of hydrogen-bond donors (Lipinski definition) is 1. The van der Waals surface area contributed by atoms with Gasteiger partial charge in [0.15, 0.2) is 24.0 Å². The van der Waals surface area contributed by atoms with Crippen LogP contribution in [0.5, 0.6) is 0 Å². The molecule has 0 radical (unpaired) electrons. The molecule has 0 bridgehead atoms. The number of aromatic nitrogens is 2. The number of hydrogen-bond acceptors (Lipinski definition) is 9. The lowest BCUT2D eigenvalue weighted by Gasteiger charge is -2.28. The lowest BCUT2D eigenvalue weighted by molar-refractivity contribution is -0.158. The van der Waals surface area contributed by atoms with Gasteiger partial charge in [-0.25, -0.2) is 9.18 Å². The van der Waals surface area contributed by atoms with Gasteiger partial charge < -0.3 is 24.3 Å². The van der Waals surface area contributed by atoms with Crippen molar-refractivity contribution in [1.82, 2.24) is 9.55 Å². The Balaban J connectivity index is 1.48. The average Bonchev–Trinajstić information content (AvgIpc) is 3.35. The van der Waals surface area contributed by atoms with E-state index in [-0.39, 0.29) is 25.4 Å². The zero-order chi connectivity index (χ0) is 31.8. The first-order chi connectivity index (χ1) is 21.8. The highest BCUT2D eigenvalue weighted by atomic mass is 19.1. The Hall–Kier alpha value is -5.22. The fourth-order valence-electron chi connectivity index (χ4n) is 4.90. The molecule has 3 aromatic carbocycles. The predicted octanol–water partition coefficient (Wildman–Crippen LogP) is 4.16. The molecule has 2 heterocycles. The number of nitriles is 1. The highest BCUT2D eigenvalue weighted by Gasteiger charge is 2.60. The van der Waals surface area contributed by atoms with E-state index in [0.717, 1.165) is 28.8 Å². The molecule has 1 amide bonds. The highest BCUT2D eigenvalue weighted by molar-refractivity contribution is 6.03. The lowest BCUT2D eigenvalue weighted by atomic mass is 9.97. The first kappa shape index (κ1) is 31.2. The second-order valence-electron chi connectivity index (χ2n) is 10.2. The molecule has 12 heteroatoms. The number of halogens is 1. The van der Waals surface area contributed by atoms with Gasteiger partial charge in [-0.1, -0.05) is 78.9 Å². The second-order valence-corrected chi connectivity index (χ2v) is 10.2. The fraction of sp³-hybridized carbons (Fsp3) is 0.242. The van der Waals surface area contributed by atoms with Crippen molar-refractivity contribution in [2.45, 2.75) is 44.2 Å². The number of rotatable bonds is 11. The molecule has 1 saturated heterocycles. The van der Waals surface area contributed by atoms with E-state index in [9.17, 15) is 19.6 Å². The van der Waals surface area contributed by atoms with Gasteiger partial charge in [-0.05, 0) is 23.3 Å². The monoisotopic (exact) mass is 612 g/mol. The summed E-state index contributed by atoms with van der Waals surface area (Å²) in [5.41, 5.74) is -1.13. The number of anilines is 1. The summed E-state index contributed by atoms with van der Waals surface area (Å²) in [7, 11) is 0. The summed E-state index contributed by atoms with van der Waals surface area (Å²) >= 11 is 0. The second kappa shape index (κ2) is 14.0. The Kier molecular flexibility index (Phi) is 9.74. The first-order valence-electron chi connectivity index (χ1n) is 14.0. The van der Waals surface area contributed by atoms with E-state index in [2.05, 4.69) is 16.4 Å². The molecule has 45 heavy (non-hydrogen) atoms. The van der Waals surface area contributed by atoms with Gasteiger partial charge in [0.2, 0.25) is 5.60 Å². The highest BCUT2D eigenvalue weighted by Crippen LogP contribution is 2.41. The number of carbonyl (C=O) groups excluding carboxylic acids is 2. The third-order valence-electron chi connectivity index (χ3n) is 7.01. The number of esters is 1. The molecule has 230 valence electrons. The molecule has 1 aromatic heterocycles. The third-order valence-corrected chi connectivity index (χ3v) is 7.01. The van der Waals surface area contributed by atoms with Gasteiger partial charge in [0.1, 0.15) is 12.2 Å². The zero-order valence-electron chi connectivity index (χ0n) is 24.2. The quantitative estimate of drug-likeness (QED) is 0.247. The SMILES string of the molecule is CC(=O)O[C@H]1[C@H](n2cc(F)c(NC(=O)c3ccccc3)nc2=O)O[C@](C#N)(COCc2ccccc2)[C@H]1OCc1ccccc1. The number of benzene rings is 3. The van der Waals surface area contributed by atoms with Crippen LogP contribution >= 0.6 is 0 Å². The maximum absolute atomic E-state index is 15.4. The minimum atomic E-state index is -1.90. The Morgan fingerprint density at radius 3 is 2.20 bits per heavy atom. The molecule has 4 atom stereocenters. The maximum atomic E-state index is 15.4. The molecule has 5 rings (SSSR count). The molecule has 4 aromatic rings. The first-order valence-corrected chi connectivity index (χ1v) is 14.0. The van der Waals surface area contributed by atoms with Crippen LogP contribution in [0.25, 0.3) is 0 Å². The van der Waals surface area contributed by atoms with Crippen molar-refractivity contribution in [1.29, 1.82) is 5.26 Å². The van der Waals surface area contributed by atoms with Crippen LogP contribution in [0.3, 0.4) is 0 Å². The van der Waals surface area contributed by atoms with Crippen LogP contribution < -0.4 is 11.0 Å². The van der Waals surface area contributed by atoms with E-state index in [1.165, 1.54) is 12.1 Å². The van der Waals surface area contributed by atoms with Crippen LogP contribution in [-0.2, 0) is 37.0 Å². The number of ether oxygens (including phenoxy) is 4. The number of amides is 1. The normalized spacial score (nSPS) is 20.7. The van der Waals surface area contributed by atoms with Crippen molar-refractivity contribution < 1.29 is 32.9 Å². The van der Waals surface area contributed by atoms with E-state index in [1.807, 2.05) is 48.5 Å². The van der Waals surface area contributed by atoms with E-state index in [4.69, 9.17) is 18.9 Å². The minimum absolute atomic E-state index is 0.00652. The van der Waals surface area contributed by atoms with E-state index >= 15 is 4.39 Å². The molecule has 11 nitrogen and oxygen atoms in total. The molecule has 0 unspecified atom stereocenters. The van der Waals surface area contributed by atoms with Crippen molar-refractivity contribution in [2.75, 3.05) is 11.9 Å². The Morgan fingerprint density at radius 1 is 1.00 bits per heavy atom. The topological polar surface area (TPSA) is 142 Å². The van der Waals surface area contributed by atoms with E-state index in [0.29, 0.717) is 0 Å². The summed E-state index contributed by atoms with van der Waals surface area (Å²) in [6, 6.07) is 28.4. The lowest BCUT2D eigenvalue weighted by Crippen LogP contribution is -2.48. The third kappa shape index (κ3) is 7.30. The Labute approximate surface area is 257 Å². The molecule has 0 spiro atoms. The van der Waals surface area contributed by atoms with Gasteiger partial charge in [-0.15, -0.1) is 0 Å². The minimum Gasteiger partial charge on any atom is -0.455 e. The van der Waals surface area contributed by atoms with Crippen molar-refractivity contribution >= 4 is 17.7 Å². The molecule has 1 aliphatic rings. The largest absolute Gasteiger partial charge is 0.455 e. The number of nitrogens with one attached hydrogen (secondary N) is 1. The van der Waals surface area contributed by atoms with Crippen molar-refractivity contribution in [3.8, 4) is 6.07 Å². The van der Waals surface area contributed by atoms with Gasteiger partial charge in [0.25, 0.3) is 5.91 Å². The molecule has 0 saturated carbocycles. The summed E-state index contributed by atoms with van der Waals surface area (Å²) in [6.07, 6.45) is -3.44.